The van der Waals surface area contributed by atoms with Crippen molar-refractivity contribution in [2.24, 2.45) is 10.2 Å². The molecule has 0 aromatic heterocycles. The highest BCUT2D eigenvalue weighted by atomic mass is 32.2. The van der Waals surface area contributed by atoms with Crippen LogP contribution in [-0.2, 0) is 15.7 Å². The summed E-state index contributed by atoms with van der Waals surface area (Å²) in [5.41, 5.74) is -2.01. The first kappa shape index (κ1) is 19.3. The van der Waals surface area contributed by atoms with Crippen LogP contribution < -0.4 is 10.1 Å². The molecule has 144 valence electrons. The predicted octanol–water partition coefficient (Wildman–Crippen LogP) is 2.62. The Balaban J connectivity index is 2.09. The van der Waals surface area contributed by atoms with Gasteiger partial charge in [-0.05, 0) is 31.2 Å². The van der Waals surface area contributed by atoms with Gasteiger partial charge in [-0.25, -0.2) is 18.6 Å². The average molecular weight is 399 g/mol. The molecule has 6 nitrogen and oxygen atoms in total. The highest BCUT2D eigenvalue weighted by molar-refractivity contribution is 7.89. The molecular formula is C17H16F3N3O3S. The summed E-state index contributed by atoms with van der Waals surface area (Å²) in [5, 5.41) is 20.5. The SMILES string of the molecule is Cc1ccc(C2(O)CC(C(F)(F)F)=NN2c2ccc(S(N)(=O)=O)cc2)cc1. The van der Waals surface area contributed by atoms with E-state index in [4.69, 9.17) is 5.14 Å². The lowest BCUT2D eigenvalue weighted by Crippen LogP contribution is -2.40. The molecular weight excluding hydrogens is 383 g/mol. The summed E-state index contributed by atoms with van der Waals surface area (Å²) in [6.45, 7) is 1.81. The number of anilines is 1. The van der Waals surface area contributed by atoms with Gasteiger partial charge in [0.2, 0.25) is 10.0 Å². The van der Waals surface area contributed by atoms with Gasteiger partial charge in [0.15, 0.2) is 5.72 Å². The molecule has 1 unspecified atom stereocenters. The van der Waals surface area contributed by atoms with Gasteiger partial charge in [-0.15, -0.1) is 0 Å². The van der Waals surface area contributed by atoms with Crippen LogP contribution in [0.5, 0.6) is 0 Å². The predicted molar refractivity (Wildman–Crippen MR) is 93.5 cm³/mol. The molecule has 1 aliphatic rings. The van der Waals surface area contributed by atoms with Crippen LogP contribution in [0.3, 0.4) is 0 Å². The maximum atomic E-state index is 13.2. The Morgan fingerprint density at radius 1 is 1.11 bits per heavy atom. The van der Waals surface area contributed by atoms with E-state index in [1.165, 1.54) is 24.3 Å². The van der Waals surface area contributed by atoms with Gasteiger partial charge < -0.3 is 5.11 Å². The molecule has 0 amide bonds. The minimum Gasteiger partial charge on any atom is -0.365 e. The van der Waals surface area contributed by atoms with Gasteiger partial charge in [-0.2, -0.15) is 18.3 Å². The van der Waals surface area contributed by atoms with E-state index in [2.05, 4.69) is 5.10 Å². The standard InChI is InChI=1S/C17H16F3N3O3S/c1-11-2-4-12(5-3-11)16(24)10-15(17(18,19)20)22-23(16)13-6-8-14(9-7-13)27(21,25)26/h2-9,24H,10H2,1H3,(H2,21,25,26). The van der Waals surface area contributed by atoms with Crippen LogP contribution >= 0.6 is 0 Å². The molecule has 3 rings (SSSR count). The zero-order valence-corrected chi connectivity index (χ0v) is 14.9. The Hall–Kier alpha value is -2.43. The van der Waals surface area contributed by atoms with Crippen LogP contribution in [0.4, 0.5) is 18.9 Å². The Kier molecular flexibility index (Phi) is 4.53. The molecule has 27 heavy (non-hydrogen) atoms. The van der Waals surface area contributed by atoms with E-state index >= 15 is 0 Å². The van der Waals surface area contributed by atoms with Crippen LogP contribution in [-0.4, -0.2) is 25.4 Å². The number of nitrogens with zero attached hydrogens (tertiary/aromatic N) is 2. The Morgan fingerprint density at radius 3 is 2.15 bits per heavy atom. The van der Waals surface area contributed by atoms with E-state index < -0.39 is 34.1 Å². The molecule has 2 aromatic carbocycles. The zero-order chi connectivity index (χ0) is 20.0. The number of nitrogens with two attached hydrogens (primary N) is 1. The van der Waals surface area contributed by atoms with Crippen LogP contribution in [0.15, 0.2) is 58.5 Å². The van der Waals surface area contributed by atoms with Gasteiger partial charge in [-0.1, -0.05) is 29.8 Å². The zero-order valence-electron chi connectivity index (χ0n) is 14.1. The van der Waals surface area contributed by atoms with Gasteiger partial charge in [0.1, 0.15) is 5.71 Å². The molecule has 1 aliphatic heterocycles. The quantitative estimate of drug-likeness (QED) is 0.829. The third-order valence-electron chi connectivity index (χ3n) is 4.24. The summed E-state index contributed by atoms with van der Waals surface area (Å²) >= 11 is 0. The first-order chi connectivity index (χ1) is 12.4. The van der Waals surface area contributed by atoms with Gasteiger partial charge >= 0.3 is 6.18 Å². The minimum atomic E-state index is -4.71. The minimum absolute atomic E-state index is 0.0877. The van der Waals surface area contributed by atoms with E-state index in [9.17, 15) is 26.7 Å². The lowest BCUT2D eigenvalue weighted by molar-refractivity contribution is -0.0626. The number of halogens is 3. The van der Waals surface area contributed by atoms with Crippen molar-refractivity contribution < 1.29 is 26.7 Å². The van der Waals surface area contributed by atoms with E-state index in [1.807, 2.05) is 6.92 Å². The first-order valence-electron chi connectivity index (χ1n) is 7.78. The fourth-order valence-electron chi connectivity index (χ4n) is 2.80. The lowest BCUT2D eigenvalue weighted by atomic mass is 9.96. The summed E-state index contributed by atoms with van der Waals surface area (Å²) < 4.78 is 62.4. The molecule has 1 heterocycles. The Bertz CT molecular complexity index is 987. The van der Waals surface area contributed by atoms with E-state index in [1.54, 1.807) is 12.1 Å². The first-order valence-corrected chi connectivity index (χ1v) is 9.33. The normalized spacial score (nSPS) is 20.7. The largest absolute Gasteiger partial charge is 0.431 e. The highest BCUT2D eigenvalue weighted by Gasteiger charge is 2.51. The maximum absolute atomic E-state index is 13.2. The number of hydrogen-bond acceptors (Lipinski definition) is 5. The number of hydrazone groups is 1. The van der Waals surface area contributed by atoms with Crippen molar-refractivity contribution in [3.8, 4) is 0 Å². The number of alkyl halides is 3. The third kappa shape index (κ3) is 3.68. The summed E-state index contributed by atoms with van der Waals surface area (Å²) in [5.74, 6) is 0. The molecule has 10 heteroatoms. The second kappa shape index (κ2) is 6.32. The molecule has 2 aromatic rings. The molecule has 0 saturated carbocycles. The van der Waals surface area contributed by atoms with Crippen molar-refractivity contribution in [2.45, 2.75) is 30.1 Å². The molecule has 0 fully saturated rings. The number of primary sulfonamides is 1. The molecule has 3 N–H and O–H groups in total. The smallest absolute Gasteiger partial charge is 0.365 e. The topological polar surface area (TPSA) is 96.0 Å². The van der Waals surface area contributed by atoms with Crippen molar-refractivity contribution in [1.82, 2.24) is 0 Å². The number of hydrogen-bond donors (Lipinski definition) is 2. The molecule has 0 aliphatic carbocycles. The van der Waals surface area contributed by atoms with Crippen LogP contribution in [0.2, 0.25) is 0 Å². The average Bonchev–Trinajstić information content (AvgIpc) is 2.94. The van der Waals surface area contributed by atoms with Crippen LogP contribution in [0.25, 0.3) is 0 Å². The van der Waals surface area contributed by atoms with Crippen molar-refractivity contribution in [2.75, 3.05) is 5.01 Å². The van der Waals surface area contributed by atoms with Crippen molar-refractivity contribution >= 4 is 21.4 Å². The highest BCUT2D eigenvalue weighted by Crippen LogP contribution is 2.42. The second-order valence-electron chi connectivity index (χ2n) is 6.25. The van der Waals surface area contributed by atoms with Gasteiger partial charge in [0.25, 0.3) is 0 Å². The molecule has 0 radical (unpaired) electrons. The molecule has 1 atom stereocenters. The van der Waals surface area contributed by atoms with Crippen LogP contribution in [0, 0.1) is 6.92 Å². The van der Waals surface area contributed by atoms with Crippen molar-refractivity contribution in [1.29, 1.82) is 0 Å². The maximum Gasteiger partial charge on any atom is 0.431 e. The van der Waals surface area contributed by atoms with Gasteiger partial charge in [-0.3, -0.25) is 0 Å². The summed E-state index contributed by atoms with van der Waals surface area (Å²) in [6, 6.07) is 11.1. The third-order valence-corrected chi connectivity index (χ3v) is 5.17. The van der Waals surface area contributed by atoms with Gasteiger partial charge in [0, 0.05) is 5.56 Å². The monoisotopic (exact) mass is 399 g/mol. The van der Waals surface area contributed by atoms with E-state index in [0.717, 1.165) is 22.7 Å². The summed E-state index contributed by atoms with van der Waals surface area (Å²) in [6.07, 6.45) is -5.48. The number of rotatable bonds is 3. The fourth-order valence-corrected chi connectivity index (χ4v) is 3.31. The number of aryl methyl sites for hydroxylation is 1. The summed E-state index contributed by atoms with van der Waals surface area (Å²) in [7, 11) is -3.96. The van der Waals surface area contributed by atoms with E-state index in [0.29, 0.717) is 0 Å². The number of aliphatic hydroxyl groups is 1. The van der Waals surface area contributed by atoms with Crippen molar-refractivity contribution in [3.63, 3.8) is 0 Å². The number of benzene rings is 2. The van der Waals surface area contributed by atoms with Crippen molar-refractivity contribution in [3.05, 3.63) is 59.7 Å². The molecule has 0 saturated heterocycles. The Labute approximate surface area is 153 Å². The van der Waals surface area contributed by atoms with E-state index in [-0.39, 0.29) is 16.1 Å². The molecule has 0 spiro atoms. The van der Waals surface area contributed by atoms with Gasteiger partial charge in [0.05, 0.1) is 17.0 Å². The fraction of sp³-hybridized carbons (Fsp3) is 0.235. The lowest BCUT2D eigenvalue weighted by Gasteiger charge is -2.33. The number of sulfonamides is 1. The Morgan fingerprint density at radius 2 is 1.67 bits per heavy atom. The second-order valence-corrected chi connectivity index (χ2v) is 7.82. The molecule has 0 bridgehead atoms. The summed E-state index contributed by atoms with van der Waals surface area (Å²) in [4.78, 5) is -0.204. The van der Waals surface area contributed by atoms with Crippen LogP contribution in [0.1, 0.15) is 17.5 Å².